The van der Waals surface area contributed by atoms with E-state index in [4.69, 9.17) is 4.98 Å². The van der Waals surface area contributed by atoms with Gasteiger partial charge in [-0.15, -0.1) is 0 Å². The second-order valence-electron chi connectivity index (χ2n) is 6.39. The Kier molecular flexibility index (Phi) is 5.40. The normalized spacial score (nSPS) is 12.0. The van der Waals surface area contributed by atoms with Crippen molar-refractivity contribution in [2.24, 2.45) is 0 Å². The monoisotopic (exact) mass is 287 g/mol. The van der Waals surface area contributed by atoms with Gasteiger partial charge in [0.25, 0.3) is 0 Å². The van der Waals surface area contributed by atoms with E-state index in [0.717, 1.165) is 25.0 Å². The van der Waals surface area contributed by atoms with Crippen molar-refractivity contribution in [1.82, 2.24) is 14.9 Å². The standard InChI is InChI=1S/C18H29N3/c1-6-10-19-11-9-18-20-16-12-15(13(2)3)7-8-17(16)21(18)14(4)5/h7-8,12-14,19H,6,9-11H2,1-5H3. The molecule has 0 spiro atoms. The molecule has 0 atom stereocenters. The SMILES string of the molecule is CCCNCCc1nc2cc(C(C)C)ccc2n1C(C)C. The fourth-order valence-electron chi connectivity index (χ4n) is 2.78. The molecular formula is C18H29N3. The zero-order valence-corrected chi connectivity index (χ0v) is 14.1. The molecule has 21 heavy (non-hydrogen) atoms. The van der Waals surface area contributed by atoms with Crippen LogP contribution in [0.5, 0.6) is 0 Å². The third-order valence-corrected chi connectivity index (χ3v) is 3.92. The Hall–Kier alpha value is -1.35. The summed E-state index contributed by atoms with van der Waals surface area (Å²) in [6, 6.07) is 7.18. The fraction of sp³-hybridized carbons (Fsp3) is 0.611. The van der Waals surface area contributed by atoms with Gasteiger partial charge in [0.15, 0.2) is 0 Å². The molecule has 2 aromatic rings. The van der Waals surface area contributed by atoms with Crippen LogP contribution in [0.15, 0.2) is 18.2 Å². The molecule has 1 N–H and O–H groups in total. The summed E-state index contributed by atoms with van der Waals surface area (Å²) in [7, 11) is 0. The highest BCUT2D eigenvalue weighted by molar-refractivity contribution is 5.77. The molecule has 0 unspecified atom stereocenters. The van der Waals surface area contributed by atoms with Gasteiger partial charge >= 0.3 is 0 Å². The summed E-state index contributed by atoms with van der Waals surface area (Å²) in [5.41, 5.74) is 3.77. The largest absolute Gasteiger partial charge is 0.325 e. The predicted molar refractivity (Wildman–Crippen MR) is 91.1 cm³/mol. The summed E-state index contributed by atoms with van der Waals surface area (Å²) in [4.78, 5) is 4.90. The van der Waals surface area contributed by atoms with Gasteiger partial charge in [0.2, 0.25) is 0 Å². The average molecular weight is 287 g/mol. The maximum absolute atomic E-state index is 4.90. The molecule has 1 heterocycles. The second-order valence-corrected chi connectivity index (χ2v) is 6.39. The predicted octanol–water partition coefficient (Wildman–Crippen LogP) is 4.28. The van der Waals surface area contributed by atoms with Crippen molar-refractivity contribution in [3.05, 3.63) is 29.6 Å². The van der Waals surface area contributed by atoms with Crippen molar-refractivity contribution in [2.75, 3.05) is 13.1 Å². The topological polar surface area (TPSA) is 29.9 Å². The number of hydrogen-bond acceptors (Lipinski definition) is 2. The van der Waals surface area contributed by atoms with Gasteiger partial charge in [-0.05, 0) is 50.4 Å². The van der Waals surface area contributed by atoms with Crippen LogP contribution in [0, 0.1) is 0 Å². The van der Waals surface area contributed by atoms with Crippen LogP contribution in [0.4, 0.5) is 0 Å². The number of fused-ring (bicyclic) bond motifs is 1. The van der Waals surface area contributed by atoms with Crippen LogP contribution in [0.1, 0.15) is 64.4 Å². The summed E-state index contributed by atoms with van der Waals surface area (Å²) in [5.74, 6) is 1.75. The molecule has 0 amide bonds. The molecule has 116 valence electrons. The molecule has 0 saturated carbocycles. The molecule has 0 aliphatic heterocycles. The van der Waals surface area contributed by atoms with E-state index in [0.29, 0.717) is 12.0 Å². The lowest BCUT2D eigenvalue weighted by Gasteiger charge is -2.13. The van der Waals surface area contributed by atoms with Crippen molar-refractivity contribution < 1.29 is 0 Å². The Labute approximate surface area is 128 Å². The van der Waals surface area contributed by atoms with Crippen LogP contribution < -0.4 is 5.32 Å². The van der Waals surface area contributed by atoms with Gasteiger partial charge in [-0.3, -0.25) is 0 Å². The van der Waals surface area contributed by atoms with E-state index in [9.17, 15) is 0 Å². The smallest absolute Gasteiger partial charge is 0.111 e. The van der Waals surface area contributed by atoms with Gasteiger partial charge in [0, 0.05) is 19.0 Å². The minimum atomic E-state index is 0.445. The zero-order chi connectivity index (χ0) is 15.4. The van der Waals surface area contributed by atoms with E-state index < -0.39 is 0 Å². The number of imidazole rings is 1. The maximum Gasteiger partial charge on any atom is 0.111 e. The minimum Gasteiger partial charge on any atom is -0.325 e. The Morgan fingerprint density at radius 2 is 1.90 bits per heavy atom. The summed E-state index contributed by atoms with van der Waals surface area (Å²) < 4.78 is 2.38. The highest BCUT2D eigenvalue weighted by Gasteiger charge is 2.13. The lowest BCUT2D eigenvalue weighted by Crippen LogP contribution is -2.20. The van der Waals surface area contributed by atoms with Gasteiger partial charge in [0.1, 0.15) is 5.82 Å². The Morgan fingerprint density at radius 3 is 2.52 bits per heavy atom. The summed E-state index contributed by atoms with van der Waals surface area (Å²) >= 11 is 0. The number of nitrogens with one attached hydrogen (secondary N) is 1. The lowest BCUT2D eigenvalue weighted by molar-refractivity contribution is 0.568. The van der Waals surface area contributed by atoms with Gasteiger partial charge in [-0.1, -0.05) is 26.8 Å². The molecule has 0 bridgehead atoms. The molecule has 0 aliphatic rings. The van der Waals surface area contributed by atoms with Crippen molar-refractivity contribution in [2.45, 2.75) is 59.4 Å². The van der Waals surface area contributed by atoms with E-state index in [-0.39, 0.29) is 0 Å². The van der Waals surface area contributed by atoms with E-state index in [1.807, 2.05) is 0 Å². The highest BCUT2D eigenvalue weighted by Crippen LogP contribution is 2.25. The second kappa shape index (κ2) is 7.08. The molecule has 0 aliphatic carbocycles. The molecule has 1 aromatic heterocycles. The van der Waals surface area contributed by atoms with Crippen molar-refractivity contribution in [1.29, 1.82) is 0 Å². The molecule has 0 fully saturated rings. The molecule has 0 saturated heterocycles. The number of benzene rings is 1. The third kappa shape index (κ3) is 3.65. The molecule has 1 aromatic carbocycles. The lowest BCUT2D eigenvalue weighted by atomic mass is 10.0. The summed E-state index contributed by atoms with van der Waals surface area (Å²) in [6.07, 6.45) is 2.17. The highest BCUT2D eigenvalue weighted by atomic mass is 15.1. The van der Waals surface area contributed by atoms with Crippen LogP contribution in [0.2, 0.25) is 0 Å². The van der Waals surface area contributed by atoms with E-state index in [1.165, 1.54) is 23.3 Å². The summed E-state index contributed by atoms with van der Waals surface area (Å²) in [5, 5.41) is 3.47. The van der Waals surface area contributed by atoms with Gasteiger partial charge < -0.3 is 9.88 Å². The Balaban J connectivity index is 2.32. The Morgan fingerprint density at radius 1 is 1.14 bits per heavy atom. The Bertz CT molecular complexity index is 581. The first kappa shape index (κ1) is 16.0. The average Bonchev–Trinajstić information content (AvgIpc) is 2.80. The first-order chi connectivity index (χ1) is 10.0. The number of rotatable bonds is 7. The van der Waals surface area contributed by atoms with E-state index >= 15 is 0 Å². The number of hydrogen-bond donors (Lipinski definition) is 1. The molecular weight excluding hydrogens is 258 g/mol. The molecule has 3 nitrogen and oxygen atoms in total. The summed E-state index contributed by atoms with van der Waals surface area (Å²) in [6.45, 7) is 13.2. The van der Waals surface area contributed by atoms with Crippen LogP contribution in [-0.2, 0) is 6.42 Å². The van der Waals surface area contributed by atoms with Crippen LogP contribution in [0.25, 0.3) is 11.0 Å². The quantitative estimate of drug-likeness (QED) is 0.770. The molecule has 3 heteroatoms. The molecule has 0 radical (unpaired) electrons. The van der Waals surface area contributed by atoms with Gasteiger partial charge in [-0.2, -0.15) is 0 Å². The fourth-order valence-corrected chi connectivity index (χ4v) is 2.78. The van der Waals surface area contributed by atoms with Crippen LogP contribution in [-0.4, -0.2) is 22.6 Å². The zero-order valence-electron chi connectivity index (χ0n) is 14.1. The van der Waals surface area contributed by atoms with Crippen molar-refractivity contribution in [3.8, 4) is 0 Å². The van der Waals surface area contributed by atoms with E-state index in [1.54, 1.807) is 0 Å². The minimum absolute atomic E-state index is 0.445. The maximum atomic E-state index is 4.90. The number of nitrogens with zero attached hydrogens (tertiary/aromatic N) is 2. The van der Waals surface area contributed by atoms with Gasteiger partial charge in [-0.25, -0.2) is 4.98 Å². The first-order valence-corrected chi connectivity index (χ1v) is 8.26. The van der Waals surface area contributed by atoms with Gasteiger partial charge in [0.05, 0.1) is 11.0 Å². The van der Waals surface area contributed by atoms with Crippen molar-refractivity contribution in [3.63, 3.8) is 0 Å². The van der Waals surface area contributed by atoms with Crippen molar-refractivity contribution >= 4 is 11.0 Å². The number of aromatic nitrogens is 2. The molecule has 2 rings (SSSR count). The van der Waals surface area contributed by atoms with Crippen LogP contribution in [0.3, 0.4) is 0 Å². The van der Waals surface area contributed by atoms with Crippen LogP contribution >= 0.6 is 0 Å². The van der Waals surface area contributed by atoms with E-state index in [2.05, 4.69) is 62.7 Å². The third-order valence-electron chi connectivity index (χ3n) is 3.92. The first-order valence-electron chi connectivity index (χ1n) is 8.26.